The first-order valence-corrected chi connectivity index (χ1v) is 5.68. The fourth-order valence-corrected chi connectivity index (χ4v) is 1.48. The van der Waals surface area contributed by atoms with Crippen molar-refractivity contribution in [1.29, 1.82) is 0 Å². The van der Waals surface area contributed by atoms with Gasteiger partial charge in [-0.05, 0) is 37.8 Å². The number of hydrogen-bond donors (Lipinski definition) is 0. The van der Waals surface area contributed by atoms with E-state index in [1.165, 1.54) is 31.9 Å². The molecule has 0 aromatic heterocycles. The zero-order valence-corrected chi connectivity index (χ0v) is 9.74. The third kappa shape index (κ3) is 3.53. The van der Waals surface area contributed by atoms with E-state index in [0.29, 0.717) is 18.3 Å². The topological polar surface area (TPSA) is 35.5 Å². The number of hydrogen-bond acceptors (Lipinski definition) is 3. The van der Waals surface area contributed by atoms with Gasteiger partial charge in [0.25, 0.3) is 0 Å². The monoisotopic (exact) mass is 238 g/mol. The average molecular weight is 238 g/mol. The van der Waals surface area contributed by atoms with Gasteiger partial charge in [0.15, 0.2) is 12.6 Å². The number of ether oxygens (including phenoxy) is 2. The van der Waals surface area contributed by atoms with Gasteiger partial charge in [-0.1, -0.05) is 0 Å². The Hall–Kier alpha value is -1.42. The second-order valence-corrected chi connectivity index (χ2v) is 4.27. The molecule has 4 heteroatoms. The van der Waals surface area contributed by atoms with Crippen molar-refractivity contribution in [2.45, 2.75) is 19.8 Å². The predicted octanol–water partition coefficient (Wildman–Crippen LogP) is 2.79. The molecular formula is C13H15FO3. The highest BCUT2D eigenvalue weighted by atomic mass is 19.1. The van der Waals surface area contributed by atoms with Crippen molar-refractivity contribution in [2.24, 2.45) is 5.92 Å². The Morgan fingerprint density at radius 3 is 2.82 bits per heavy atom. The van der Waals surface area contributed by atoms with Crippen LogP contribution in [0.3, 0.4) is 0 Å². The maximum Gasteiger partial charge on any atom is 0.189 e. The van der Waals surface area contributed by atoms with Crippen molar-refractivity contribution in [3.05, 3.63) is 29.6 Å². The first-order chi connectivity index (χ1) is 8.16. The minimum atomic E-state index is -0.558. The quantitative estimate of drug-likeness (QED) is 0.434. The van der Waals surface area contributed by atoms with E-state index < -0.39 is 5.82 Å². The van der Waals surface area contributed by atoms with E-state index in [1.54, 1.807) is 6.07 Å². The Kier molecular flexibility index (Phi) is 3.74. The number of Topliss-reactive ketones (excluding diaryl/α,β-unsaturated/α-hetero) is 1. The van der Waals surface area contributed by atoms with Gasteiger partial charge in [0.1, 0.15) is 11.6 Å². The molecule has 3 nitrogen and oxygen atoms in total. The summed E-state index contributed by atoms with van der Waals surface area (Å²) in [6.45, 7) is 2.15. The molecule has 1 fully saturated rings. The fourth-order valence-electron chi connectivity index (χ4n) is 1.48. The molecule has 0 atom stereocenters. The minimum Gasteiger partial charge on any atom is -0.467 e. The van der Waals surface area contributed by atoms with Crippen molar-refractivity contribution < 1.29 is 18.7 Å². The second-order valence-electron chi connectivity index (χ2n) is 4.27. The molecule has 0 heterocycles. The summed E-state index contributed by atoms with van der Waals surface area (Å²) < 4.78 is 23.9. The molecule has 2 rings (SSSR count). The van der Waals surface area contributed by atoms with Crippen LogP contribution in [0.25, 0.3) is 0 Å². The summed E-state index contributed by atoms with van der Waals surface area (Å²) in [5.74, 6) is 0.204. The van der Waals surface area contributed by atoms with Crippen molar-refractivity contribution >= 4 is 5.78 Å². The molecule has 0 N–H and O–H groups in total. The number of benzene rings is 1. The lowest BCUT2D eigenvalue weighted by molar-refractivity contribution is 0.00983. The number of halogens is 1. The van der Waals surface area contributed by atoms with Crippen molar-refractivity contribution in [3.63, 3.8) is 0 Å². The first-order valence-electron chi connectivity index (χ1n) is 5.68. The molecule has 1 aliphatic rings. The molecule has 1 aliphatic carbocycles. The maximum atomic E-state index is 13.4. The van der Waals surface area contributed by atoms with Gasteiger partial charge < -0.3 is 9.47 Å². The van der Waals surface area contributed by atoms with E-state index in [0.717, 1.165) is 0 Å². The highest BCUT2D eigenvalue weighted by Gasteiger charge is 2.21. The van der Waals surface area contributed by atoms with Crippen molar-refractivity contribution in [2.75, 3.05) is 13.4 Å². The van der Waals surface area contributed by atoms with Crippen LogP contribution >= 0.6 is 0 Å². The van der Waals surface area contributed by atoms with E-state index in [9.17, 15) is 9.18 Å². The van der Waals surface area contributed by atoms with Gasteiger partial charge in [-0.25, -0.2) is 4.39 Å². The second kappa shape index (κ2) is 5.27. The SMILES string of the molecule is CC(=O)c1ccc(OCOCC2CC2)cc1F. The Labute approximate surface area is 99.5 Å². The Bertz CT molecular complexity index is 413. The molecule has 0 radical (unpaired) electrons. The Morgan fingerprint density at radius 2 is 2.24 bits per heavy atom. The minimum absolute atomic E-state index is 0.0799. The summed E-state index contributed by atoms with van der Waals surface area (Å²) in [4.78, 5) is 11.0. The maximum absolute atomic E-state index is 13.4. The van der Waals surface area contributed by atoms with Crippen LogP contribution in [-0.4, -0.2) is 19.2 Å². The summed E-state index contributed by atoms with van der Waals surface area (Å²) in [5.41, 5.74) is 0.0799. The summed E-state index contributed by atoms with van der Waals surface area (Å²) in [6.07, 6.45) is 2.45. The van der Waals surface area contributed by atoms with Crippen LogP contribution < -0.4 is 4.74 Å². The van der Waals surface area contributed by atoms with Gasteiger partial charge in [0, 0.05) is 6.07 Å². The van der Waals surface area contributed by atoms with Gasteiger partial charge >= 0.3 is 0 Å². The lowest BCUT2D eigenvalue weighted by atomic mass is 10.1. The van der Waals surface area contributed by atoms with Crippen LogP contribution in [0.15, 0.2) is 18.2 Å². The number of rotatable bonds is 6. The molecule has 0 aliphatic heterocycles. The highest BCUT2D eigenvalue weighted by Crippen LogP contribution is 2.28. The summed E-state index contributed by atoms with van der Waals surface area (Å²) in [5, 5.41) is 0. The predicted molar refractivity (Wildman–Crippen MR) is 60.6 cm³/mol. The third-order valence-electron chi connectivity index (χ3n) is 2.68. The summed E-state index contributed by atoms with van der Waals surface area (Å²) in [6, 6.07) is 4.20. The largest absolute Gasteiger partial charge is 0.467 e. The van der Waals surface area contributed by atoms with E-state index >= 15 is 0 Å². The summed E-state index contributed by atoms with van der Waals surface area (Å²) >= 11 is 0. The average Bonchev–Trinajstić information content (AvgIpc) is 3.08. The fraction of sp³-hybridized carbons (Fsp3) is 0.462. The molecule has 0 saturated heterocycles. The zero-order valence-electron chi connectivity index (χ0n) is 9.74. The number of carbonyl (C=O) groups excluding carboxylic acids is 1. The van der Waals surface area contributed by atoms with Crippen LogP contribution in [0.4, 0.5) is 4.39 Å². The van der Waals surface area contributed by atoms with E-state index in [1.807, 2.05) is 0 Å². The highest BCUT2D eigenvalue weighted by molar-refractivity contribution is 5.94. The molecule has 0 bridgehead atoms. The molecule has 1 saturated carbocycles. The Balaban J connectivity index is 1.83. The van der Waals surface area contributed by atoms with Gasteiger partial charge in [-0.15, -0.1) is 0 Å². The van der Waals surface area contributed by atoms with Crippen LogP contribution in [0.1, 0.15) is 30.1 Å². The van der Waals surface area contributed by atoms with E-state index in [2.05, 4.69) is 0 Å². The van der Waals surface area contributed by atoms with Gasteiger partial charge in [-0.3, -0.25) is 4.79 Å². The molecule has 0 amide bonds. The molecule has 92 valence electrons. The van der Waals surface area contributed by atoms with Crippen LogP contribution in [0.5, 0.6) is 5.75 Å². The normalized spacial score (nSPS) is 14.7. The Morgan fingerprint density at radius 1 is 1.47 bits per heavy atom. The van der Waals surface area contributed by atoms with Crippen LogP contribution in [0.2, 0.25) is 0 Å². The van der Waals surface area contributed by atoms with E-state index in [4.69, 9.17) is 9.47 Å². The molecule has 0 unspecified atom stereocenters. The van der Waals surface area contributed by atoms with Crippen molar-refractivity contribution in [3.8, 4) is 5.75 Å². The number of carbonyl (C=O) groups is 1. The van der Waals surface area contributed by atoms with Crippen LogP contribution in [0, 0.1) is 11.7 Å². The smallest absolute Gasteiger partial charge is 0.189 e. The zero-order chi connectivity index (χ0) is 12.3. The molecule has 17 heavy (non-hydrogen) atoms. The summed E-state index contributed by atoms with van der Waals surface area (Å²) in [7, 11) is 0. The van der Waals surface area contributed by atoms with Gasteiger partial charge in [-0.2, -0.15) is 0 Å². The van der Waals surface area contributed by atoms with Gasteiger partial charge in [0.2, 0.25) is 0 Å². The van der Waals surface area contributed by atoms with Gasteiger partial charge in [0.05, 0.1) is 12.2 Å². The molecule has 1 aromatic carbocycles. The van der Waals surface area contributed by atoms with E-state index in [-0.39, 0.29) is 18.1 Å². The van der Waals surface area contributed by atoms with Crippen LogP contribution in [-0.2, 0) is 4.74 Å². The molecular weight excluding hydrogens is 223 g/mol. The lowest BCUT2D eigenvalue weighted by Gasteiger charge is -2.07. The van der Waals surface area contributed by atoms with Crippen molar-refractivity contribution in [1.82, 2.24) is 0 Å². The number of ketones is 1. The molecule has 1 aromatic rings. The molecule has 0 spiro atoms. The lowest BCUT2D eigenvalue weighted by Crippen LogP contribution is -2.06. The first kappa shape index (κ1) is 12.0. The standard InChI is InChI=1S/C13H15FO3/c1-9(15)12-5-4-11(6-13(12)14)17-8-16-7-10-2-3-10/h4-6,10H,2-3,7-8H2,1H3. The third-order valence-corrected chi connectivity index (χ3v) is 2.68.